The normalized spacial score (nSPS) is 10.8. The number of fused-ring (bicyclic) bond motifs is 1. The minimum Gasteiger partial charge on any atom is -0.495 e. The SMILES string of the molecule is CCOC(=O)c1c[nH]n2c(=O)cc(-c3ccc(Cl)c(OC)c3)nc12. The van der Waals surface area contributed by atoms with Crippen LogP contribution in [0.4, 0.5) is 0 Å². The Labute approximate surface area is 141 Å². The Hall–Kier alpha value is -2.80. The molecule has 0 bridgehead atoms. The first kappa shape index (κ1) is 16.1. The van der Waals surface area contributed by atoms with E-state index in [1.54, 1.807) is 25.1 Å². The Morgan fingerprint density at radius 1 is 1.38 bits per heavy atom. The number of nitrogens with one attached hydrogen (secondary N) is 1. The third kappa shape index (κ3) is 2.74. The first-order chi connectivity index (χ1) is 11.5. The highest BCUT2D eigenvalue weighted by atomic mass is 35.5. The summed E-state index contributed by atoms with van der Waals surface area (Å²) in [6.45, 7) is 1.94. The van der Waals surface area contributed by atoms with E-state index in [0.29, 0.717) is 22.0 Å². The van der Waals surface area contributed by atoms with Crippen LogP contribution in [0.15, 0.2) is 35.3 Å². The van der Waals surface area contributed by atoms with Gasteiger partial charge in [-0.25, -0.2) is 14.3 Å². The van der Waals surface area contributed by atoms with Gasteiger partial charge >= 0.3 is 5.97 Å². The molecule has 0 aliphatic heterocycles. The second kappa shape index (κ2) is 6.37. The summed E-state index contributed by atoms with van der Waals surface area (Å²) in [7, 11) is 1.50. The molecule has 0 amide bonds. The van der Waals surface area contributed by atoms with E-state index >= 15 is 0 Å². The zero-order valence-electron chi connectivity index (χ0n) is 13.0. The van der Waals surface area contributed by atoms with Crippen molar-refractivity contribution >= 4 is 23.2 Å². The van der Waals surface area contributed by atoms with Crippen LogP contribution in [0.5, 0.6) is 5.75 Å². The highest BCUT2D eigenvalue weighted by Crippen LogP contribution is 2.29. The van der Waals surface area contributed by atoms with Crippen LogP contribution in [0.1, 0.15) is 17.3 Å². The van der Waals surface area contributed by atoms with E-state index in [9.17, 15) is 9.59 Å². The van der Waals surface area contributed by atoms with Gasteiger partial charge in [-0.3, -0.25) is 9.89 Å². The summed E-state index contributed by atoms with van der Waals surface area (Å²) in [5, 5.41) is 3.15. The van der Waals surface area contributed by atoms with Crippen molar-refractivity contribution in [2.45, 2.75) is 6.92 Å². The monoisotopic (exact) mass is 347 g/mol. The summed E-state index contributed by atoms with van der Waals surface area (Å²) in [6, 6.07) is 6.42. The molecule has 3 aromatic rings. The molecule has 0 spiro atoms. The summed E-state index contributed by atoms with van der Waals surface area (Å²) in [6.07, 6.45) is 1.40. The van der Waals surface area contributed by atoms with Gasteiger partial charge in [-0.2, -0.15) is 0 Å². The molecule has 124 valence electrons. The van der Waals surface area contributed by atoms with Gasteiger partial charge in [0.15, 0.2) is 5.65 Å². The van der Waals surface area contributed by atoms with Gasteiger partial charge in [-0.05, 0) is 19.1 Å². The van der Waals surface area contributed by atoms with E-state index in [1.165, 1.54) is 23.9 Å². The topological polar surface area (TPSA) is 85.7 Å². The zero-order chi connectivity index (χ0) is 17.3. The molecule has 0 saturated carbocycles. The van der Waals surface area contributed by atoms with Crippen LogP contribution in [0.2, 0.25) is 5.02 Å². The maximum absolute atomic E-state index is 12.3. The van der Waals surface area contributed by atoms with Crippen LogP contribution in [-0.2, 0) is 4.74 Å². The fourth-order valence-electron chi connectivity index (χ4n) is 2.31. The minimum atomic E-state index is -0.547. The second-order valence-corrected chi connectivity index (χ2v) is 5.30. The first-order valence-electron chi connectivity index (χ1n) is 7.17. The maximum Gasteiger partial charge on any atom is 0.343 e. The Kier molecular flexibility index (Phi) is 4.26. The van der Waals surface area contributed by atoms with E-state index in [4.69, 9.17) is 21.1 Å². The number of H-pyrrole nitrogens is 1. The number of benzene rings is 1. The highest BCUT2D eigenvalue weighted by Gasteiger charge is 2.17. The Morgan fingerprint density at radius 2 is 2.17 bits per heavy atom. The molecule has 0 radical (unpaired) electrons. The molecule has 0 aliphatic rings. The van der Waals surface area contributed by atoms with E-state index in [1.807, 2.05) is 0 Å². The lowest BCUT2D eigenvalue weighted by Crippen LogP contribution is -2.15. The van der Waals surface area contributed by atoms with Crippen molar-refractivity contribution in [2.75, 3.05) is 13.7 Å². The number of methoxy groups -OCH3 is 1. The molecule has 0 aliphatic carbocycles. The number of aromatic amines is 1. The van der Waals surface area contributed by atoms with Crippen molar-refractivity contribution in [3.8, 4) is 17.0 Å². The maximum atomic E-state index is 12.3. The van der Waals surface area contributed by atoms with E-state index in [-0.39, 0.29) is 23.4 Å². The van der Waals surface area contributed by atoms with Gasteiger partial charge in [0.1, 0.15) is 11.3 Å². The highest BCUT2D eigenvalue weighted by molar-refractivity contribution is 6.32. The van der Waals surface area contributed by atoms with Gasteiger partial charge in [0.2, 0.25) is 0 Å². The summed E-state index contributed by atoms with van der Waals surface area (Å²) in [5.74, 6) is -0.0789. The van der Waals surface area contributed by atoms with Gasteiger partial charge in [0.05, 0.1) is 24.4 Å². The number of carbonyl (C=O) groups is 1. The molecule has 0 unspecified atom stereocenters. The first-order valence-corrected chi connectivity index (χ1v) is 7.55. The van der Waals surface area contributed by atoms with Gasteiger partial charge in [0, 0.05) is 17.8 Å². The lowest BCUT2D eigenvalue weighted by molar-refractivity contribution is 0.0528. The average Bonchev–Trinajstić information content (AvgIpc) is 3.00. The lowest BCUT2D eigenvalue weighted by Gasteiger charge is -2.07. The Morgan fingerprint density at radius 3 is 2.88 bits per heavy atom. The average molecular weight is 348 g/mol. The molecule has 2 heterocycles. The zero-order valence-corrected chi connectivity index (χ0v) is 13.8. The van der Waals surface area contributed by atoms with Crippen LogP contribution in [0.3, 0.4) is 0 Å². The number of ether oxygens (including phenoxy) is 2. The molecule has 1 aromatic carbocycles. The number of hydrogen-bond donors (Lipinski definition) is 1. The van der Waals surface area contributed by atoms with Gasteiger partial charge in [-0.15, -0.1) is 0 Å². The number of aromatic nitrogens is 3. The number of carbonyl (C=O) groups excluding carboxylic acids is 1. The van der Waals surface area contributed by atoms with Crippen LogP contribution in [0, 0.1) is 0 Å². The van der Waals surface area contributed by atoms with Crippen molar-refractivity contribution in [2.24, 2.45) is 0 Å². The van der Waals surface area contributed by atoms with Crippen molar-refractivity contribution < 1.29 is 14.3 Å². The molecule has 1 N–H and O–H groups in total. The third-order valence-electron chi connectivity index (χ3n) is 3.44. The van der Waals surface area contributed by atoms with Crippen LogP contribution >= 0.6 is 11.6 Å². The van der Waals surface area contributed by atoms with E-state index in [2.05, 4.69) is 10.1 Å². The largest absolute Gasteiger partial charge is 0.495 e. The minimum absolute atomic E-state index is 0.191. The molecule has 0 saturated heterocycles. The predicted molar refractivity (Wildman–Crippen MR) is 88.8 cm³/mol. The van der Waals surface area contributed by atoms with Crippen LogP contribution in [-0.4, -0.2) is 34.3 Å². The fraction of sp³-hybridized carbons (Fsp3) is 0.188. The summed E-state index contributed by atoms with van der Waals surface area (Å²) in [5.41, 5.74) is 1.09. The molecule has 8 heteroatoms. The van der Waals surface area contributed by atoms with Crippen molar-refractivity contribution in [1.29, 1.82) is 0 Å². The van der Waals surface area contributed by atoms with Crippen molar-refractivity contribution in [3.63, 3.8) is 0 Å². The van der Waals surface area contributed by atoms with Gasteiger partial charge in [-0.1, -0.05) is 17.7 Å². The molecule has 24 heavy (non-hydrogen) atoms. The predicted octanol–water partition coefficient (Wildman–Crippen LogP) is 2.53. The third-order valence-corrected chi connectivity index (χ3v) is 3.75. The molecule has 0 atom stereocenters. The Balaban J connectivity index is 2.18. The van der Waals surface area contributed by atoms with Gasteiger partial charge < -0.3 is 9.47 Å². The number of esters is 1. The summed E-state index contributed by atoms with van der Waals surface area (Å²) < 4.78 is 11.3. The molecule has 0 fully saturated rings. The molecular weight excluding hydrogens is 334 g/mol. The number of halogens is 1. The van der Waals surface area contributed by atoms with Crippen LogP contribution < -0.4 is 10.3 Å². The Bertz CT molecular complexity index is 977. The standard InChI is InChI=1S/C16H14ClN3O4/c1-3-24-16(22)10-8-18-20-14(21)7-12(19-15(10)20)9-4-5-11(17)13(6-9)23-2/h4-8,18H,3H2,1-2H3. The number of nitrogens with zero attached hydrogens (tertiary/aromatic N) is 2. The van der Waals surface area contributed by atoms with E-state index < -0.39 is 5.97 Å². The fourth-order valence-corrected chi connectivity index (χ4v) is 2.50. The second-order valence-electron chi connectivity index (χ2n) is 4.90. The van der Waals surface area contributed by atoms with Crippen LogP contribution in [0.25, 0.3) is 16.9 Å². The van der Waals surface area contributed by atoms with E-state index in [0.717, 1.165) is 0 Å². The summed E-state index contributed by atoms with van der Waals surface area (Å²) >= 11 is 6.02. The smallest absolute Gasteiger partial charge is 0.343 e. The lowest BCUT2D eigenvalue weighted by atomic mass is 10.1. The molecule has 2 aromatic heterocycles. The van der Waals surface area contributed by atoms with Gasteiger partial charge in [0.25, 0.3) is 5.56 Å². The quantitative estimate of drug-likeness (QED) is 0.733. The van der Waals surface area contributed by atoms with Crippen molar-refractivity contribution in [1.82, 2.24) is 14.6 Å². The summed E-state index contributed by atoms with van der Waals surface area (Å²) in [4.78, 5) is 28.7. The van der Waals surface area contributed by atoms with Crippen molar-refractivity contribution in [3.05, 3.63) is 51.4 Å². The molecular formula is C16H14ClN3O4. The number of hydrogen-bond acceptors (Lipinski definition) is 5. The number of rotatable bonds is 4. The molecule has 7 nitrogen and oxygen atoms in total. The molecule has 3 rings (SSSR count).